The Labute approximate surface area is 165 Å². The van der Waals surface area contributed by atoms with Crippen LogP contribution in [-0.4, -0.2) is 52.6 Å². The van der Waals surface area contributed by atoms with Crippen molar-refractivity contribution in [1.29, 1.82) is 0 Å². The summed E-state index contributed by atoms with van der Waals surface area (Å²) in [6, 6.07) is 3.52. The van der Waals surface area contributed by atoms with E-state index in [9.17, 15) is 9.59 Å². The average molecular weight is 385 g/mol. The summed E-state index contributed by atoms with van der Waals surface area (Å²) in [6.07, 6.45) is 5.20. The second-order valence-corrected chi connectivity index (χ2v) is 7.01. The third-order valence-electron chi connectivity index (χ3n) is 5.07. The molecule has 0 spiro atoms. The van der Waals surface area contributed by atoms with Crippen LogP contribution in [0, 0.1) is 13.8 Å². The average Bonchev–Trinajstić information content (AvgIpc) is 3.31. The molecule has 0 radical (unpaired) electrons. The number of pyridine rings is 1. The molecule has 0 unspecified atom stereocenters. The number of ether oxygens (including phenoxy) is 2. The van der Waals surface area contributed by atoms with Gasteiger partial charge in [0.15, 0.2) is 0 Å². The Morgan fingerprint density at radius 2 is 2.21 bits per heavy atom. The van der Waals surface area contributed by atoms with Crippen molar-refractivity contribution in [3.8, 4) is 0 Å². The van der Waals surface area contributed by atoms with E-state index in [1.54, 1.807) is 36.4 Å². The summed E-state index contributed by atoms with van der Waals surface area (Å²) < 4.78 is 10.9. The molecule has 1 aliphatic heterocycles. The molecule has 28 heavy (non-hydrogen) atoms. The second-order valence-electron chi connectivity index (χ2n) is 7.01. The minimum Gasteiger partial charge on any atom is -0.461 e. The highest BCUT2D eigenvalue weighted by Crippen LogP contribution is 2.23. The van der Waals surface area contributed by atoms with E-state index in [4.69, 9.17) is 9.47 Å². The number of aromatic nitrogens is 2. The van der Waals surface area contributed by atoms with Crippen molar-refractivity contribution in [2.45, 2.75) is 46.3 Å². The number of rotatable bonds is 7. The quantitative estimate of drug-likeness (QED) is 0.741. The van der Waals surface area contributed by atoms with E-state index in [0.29, 0.717) is 31.0 Å². The molecule has 1 aliphatic rings. The summed E-state index contributed by atoms with van der Waals surface area (Å²) in [7, 11) is 0. The van der Waals surface area contributed by atoms with Gasteiger partial charge in [-0.15, -0.1) is 0 Å². The van der Waals surface area contributed by atoms with E-state index in [1.807, 2.05) is 13.8 Å². The van der Waals surface area contributed by atoms with Crippen LogP contribution in [0.2, 0.25) is 0 Å². The Hall–Kier alpha value is -2.67. The van der Waals surface area contributed by atoms with Gasteiger partial charge in [0.1, 0.15) is 5.69 Å². The fraction of sp³-hybridized carbons (Fsp3) is 0.476. The fourth-order valence-corrected chi connectivity index (χ4v) is 3.55. The van der Waals surface area contributed by atoms with E-state index >= 15 is 0 Å². The van der Waals surface area contributed by atoms with E-state index in [2.05, 4.69) is 9.97 Å². The molecule has 150 valence electrons. The number of hydrogen-bond acceptors (Lipinski definition) is 5. The van der Waals surface area contributed by atoms with Crippen LogP contribution >= 0.6 is 0 Å². The standard InChI is InChI=1S/C21H27N3O4/c1-4-27-21(26)19-14(2)18(15(3)23-19)13-24(12-17-8-6-10-28-17)20(25)16-7-5-9-22-11-16/h5,7,9,11,17,23H,4,6,8,10,12-13H2,1-3H3/t17-/m0/s1. The van der Waals surface area contributed by atoms with Crippen LogP contribution in [0.5, 0.6) is 0 Å². The van der Waals surface area contributed by atoms with Gasteiger partial charge in [0.2, 0.25) is 0 Å². The highest BCUT2D eigenvalue weighted by molar-refractivity contribution is 5.94. The Morgan fingerprint density at radius 3 is 2.86 bits per heavy atom. The Morgan fingerprint density at radius 1 is 1.39 bits per heavy atom. The molecule has 1 N–H and O–H groups in total. The predicted octanol–water partition coefficient (Wildman–Crippen LogP) is 3.02. The van der Waals surface area contributed by atoms with Crippen molar-refractivity contribution in [1.82, 2.24) is 14.9 Å². The molecule has 1 atom stereocenters. The van der Waals surface area contributed by atoms with Crippen LogP contribution in [0.15, 0.2) is 24.5 Å². The lowest BCUT2D eigenvalue weighted by atomic mass is 10.1. The number of carbonyl (C=O) groups is 2. The number of esters is 1. The molecule has 0 bridgehead atoms. The zero-order valence-corrected chi connectivity index (χ0v) is 16.7. The molecule has 7 heteroatoms. The SMILES string of the molecule is CCOC(=O)c1[nH]c(C)c(CN(C[C@@H]2CCCO2)C(=O)c2cccnc2)c1C. The molecule has 3 heterocycles. The Kier molecular flexibility index (Phi) is 6.46. The number of aromatic amines is 1. The van der Waals surface area contributed by atoms with Crippen molar-refractivity contribution in [2.24, 2.45) is 0 Å². The van der Waals surface area contributed by atoms with Gasteiger partial charge in [-0.05, 0) is 56.9 Å². The summed E-state index contributed by atoms with van der Waals surface area (Å²) in [4.78, 5) is 34.3. The molecule has 0 saturated carbocycles. The fourth-order valence-electron chi connectivity index (χ4n) is 3.55. The molecule has 2 aromatic rings. The molecule has 0 aliphatic carbocycles. The van der Waals surface area contributed by atoms with Gasteiger partial charge in [0.05, 0.1) is 18.3 Å². The first-order valence-corrected chi connectivity index (χ1v) is 9.67. The van der Waals surface area contributed by atoms with E-state index in [-0.39, 0.29) is 18.0 Å². The topological polar surface area (TPSA) is 84.5 Å². The van der Waals surface area contributed by atoms with E-state index < -0.39 is 0 Å². The normalized spacial score (nSPS) is 16.2. The zero-order valence-electron chi connectivity index (χ0n) is 16.7. The summed E-state index contributed by atoms with van der Waals surface area (Å²) >= 11 is 0. The predicted molar refractivity (Wildman–Crippen MR) is 104 cm³/mol. The smallest absolute Gasteiger partial charge is 0.355 e. The molecule has 3 rings (SSSR count). The zero-order chi connectivity index (χ0) is 20.1. The maximum atomic E-state index is 13.1. The van der Waals surface area contributed by atoms with Crippen molar-refractivity contribution in [2.75, 3.05) is 19.8 Å². The largest absolute Gasteiger partial charge is 0.461 e. The monoisotopic (exact) mass is 385 g/mol. The third-order valence-corrected chi connectivity index (χ3v) is 5.07. The van der Waals surface area contributed by atoms with Crippen LogP contribution in [0.1, 0.15) is 57.4 Å². The number of H-pyrrole nitrogens is 1. The van der Waals surface area contributed by atoms with Gasteiger partial charge in [0, 0.05) is 37.8 Å². The maximum Gasteiger partial charge on any atom is 0.355 e. The van der Waals surface area contributed by atoms with Gasteiger partial charge < -0.3 is 19.4 Å². The van der Waals surface area contributed by atoms with Crippen molar-refractivity contribution < 1.29 is 19.1 Å². The van der Waals surface area contributed by atoms with Crippen LogP contribution in [0.4, 0.5) is 0 Å². The highest BCUT2D eigenvalue weighted by Gasteiger charge is 2.26. The number of aryl methyl sites for hydroxylation is 1. The first-order valence-electron chi connectivity index (χ1n) is 9.67. The maximum absolute atomic E-state index is 13.1. The number of nitrogens with zero attached hydrogens (tertiary/aromatic N) is 2. The van der Waals surface area contributed by atoms with E-state index in [0.717, 1.165) is 36.3 Å². The minimum atomic E-state index is -0.376. The first-order chi connectivity index (χ1) is 13.5. The Balaban J connectivity index is 1.87. The molecular weight excluding hydrogens is 358 g/mol. The van der Waals surface area contributed by atoms with Gasteiger partial charge in [-0.1, -0.05) is 0 Å². The molecule has 1 amide bonds. The third kappa shape index (κ3) is 4.42. The van der Waals surface area contributed by atoms with Gasteiger partial charge in [-0.25, -0.2) is 4.79 Å². The lowest BCUT2D eigenvalue weighted by Crippen LogP contribution is -2.37. The van der Waals surface area contributed by atoms with Gasteiger partial charge in [-0.3, -0.25) is 9.78 Å². The van der Waals surface area contributed by atoms with E-state index in [1.165, 1.54) is 0 Å². The van der Waals surface area contributed by atoms with Gasteiger partial charge in [-0.2, -0.15) is 0 Å². The van der Waals surface area contributed by atoms with Crippen LogP contribution < -0.4 is 0 Å². The minimum absolute atomic E-state index is 0.0321. The molecule has 2 aromatic heterocycles. The summed E-state index contributed by atoms with van der Waals surface area (Å²) in [5.41, 5.74) is 3.58. The summed E-state index contributed by atoms with van der Waals surface area (Å²) in [5, 5.41) is 0. The van der Waals surface area contributed by atoms with Crippen molar-refractivity contribution in [3.63, 3.8) is 0 Å². The summed E-state index contributed by atoms with van der Waals surface area (Å²) in [6.45, 7) is 7.51. The molecule has 1 fully saturated rings. The van der Waals surface area contributed by atoms with Gasteiger partial charge >= 0.3 is 5.97 Å². The molecule has 0 aromatic carbocycles. The lowest BCUT2D eigenvalue weighted by molar-refractivity contribution is 0.0506. The number of hydrogen-bond donors (Lipinski definition) is 1. The van der Waals surface area contributed by atoms with Crippen molar-refractivity contribution >= 4 is 11.9 Å². The highest BCUT2D eigenvalue weighted by atomic mass is 16.5. The second kappa shape index (κ2) is 9.01. The molecular formula is C21H27N3O4. The first kappa shape index (κ1) is 20.1. The van der Waals surface area contributed by atoms with Crippen LogP contribution in [0.25, 0.3) is 0 Å². The molecule has 1 saturated heterocycles. The lowest BCUT2D eigenvalue weighted by Gasteiger charge is -2.26. The van der Waals surface area contributed by atoms with Gasteiger partial charge in [0.25, 0.3) is 5.91 Å². The number of carbonyl (C=O) groups excluding carboxylic acids is 2. The number of amides is 1. The van der Waals surface area contributed by atoms with Crippen LogP contribution in [-0.2, 0) is 16.0 Å². The van der Waals surface area contributed by atoms with Crippen LogP contribution in [0.3, 0.4) is 0 Å². The summed E-state index contributed by atoms with van der Waals surface area (Å²) in [5.74, 6) is -0.472. The Bertz CT molecular complexity index is 826. The van der Waals surface area contributed by atoms with Crippen molar-refractivity contribution in [3.05, 3.63) is 52.6 Å². The molecule has 7 nitrogen and oxygen atoms in total. The number of nitrogens with one attached hydrogen (secondary N) is 1.